The maximum absolute atomic E-state index is 12.3. The minimum Gasteiger partial charge on any atom is -0.445 e. The van der Waals surface area contributed by atoms with E-state index in [4.69, 9.17) is 9.47 Å². The van der Waals surface area contributed by atoms with E-state index in [0.29, 0.717) is 26.3 Å². The van der Waals surface area contributed by atoms with E-state index >= 15 is 0 Å². The third-order valence-corrected chi connectivity index (χ3v) is 5.77. The number of rotatable bonds is 7. The van der Waals surface area contributed by atoms with Crippen LogP contribution in [0.5, 0.6) is 0 Å². The molecule has 6 heteroatoms. The van der Waals surface area contributed by atoms with Gasteiger partial charge >= 0.3 is 6.09 Å². The third kappa shape index (κ3) is 6.53. The summed E-state index contributed by atoms with van der Waals surface area (Å²) in [4.78, 5) is 14.1. The van der Waals surface area contributed by atoms with Crippen LogP contribution in [0.3, 0.4) is 0 Å². The van der Waals surface area contributed by atoms with Gasteiger partial charge in [0.1, 0.15) is 6.61 Å². The number of nitrogens with one attached hydrogen (secondary N) is 1. The lowest BCUT2D eigenvalue weighted by Gasteiger charge is -2.36. The van der Waals surface area contributed by atoms with Gasteiger partial charge in [0.15, 0.2) is 0 Å². The van der Waals surface area contributed by atoms with Crippen LogP contribution in [-0.2, 0) is 16.1 Å². The molecule has 1 aromatic rings. The fraction of sp³-hybridized carbons (Fsp3) is 0.632. The minimum absolute atomic E-state index is 0.0179. The molecule has 5 nitrogen and oxygen atoms in total. The van der Waals surface area contributed by atoms with Gasteiger partial charge in [-0.1, -0.05) is 30.3 Å². The van der Waals surface area contributed by atoms with Gasteiger partial charge in [-0.2, -0.15) is 11.8 Å². The highest BCUT2D eigenvalue weighted by atomic mass is 32.2. The quantitative estimate of drug-likeness (QED) is 0.803. The van der Waals surface area contributed by atoms with Crippen molar-refractivity contribution in [1.29, 1.82) is 0 Å². The number of morpholine rings is 1. The maximum Gasteiger partial charge on any atom is 0.410 e. The van der Waals surface area contributed by atoms with E-state index in [9.17, 15) is 4.79 Å². The van der Waals surface area contributed by atoms with E-state index in [1.54, 1.807) is 4.90 Å². The first-order valence-corrected chi connectivity index (χ1v) is 9.99. The fourth-order valence-corrected chi connectivity index (χ4v) is 2.79. The zero-order chi connectivity index (χ0) is 18.3. The van der Waals surface area contributed by atoms with Crippen molar-refractivity contribution in [2.24, 2.45) is 0 Å². The van der Waals surface area contributed by atoms with Gasteiger partial charge in [-0.3, -0.25) is 0 Å². The highest BCUT2D eigenvalue weighted by molar-refractivity contribution is 7.99. The Morgan fingerprint density at radius 1 is 1.44 bits per heavy atom. The lowest BCUT2D eigenvalue weighted by molar-refractivity contribution is -0.0418. The van der Waals surface area contributed by atoms with E-state index in [0.717, 1.165) is 12.1 Å². The lowest BCUT2D eigenvalue weighted by atomic mass is 10.1. The van der Waals surface area contributed by atoms with Crippen LogP contribution >= 0.6 is 11.8 Å². The summed E-state index contributed by atoms with van der Waals surface area (Å²) in [6.45, 7) is 9.42. The van der Waals surface area contributed by atoms with Crippen LogP contribution in [0.1, 0.15) is 26.3 Å². The molecule has 2 rings (SSSR count). The first kappa shape index (κ1) is 20.1. The number of carbonyl (C=O) groups excluding carboxylic acids is 1. The molecule has 1 fully saturated rings. The van der Waals surface area contributed by atoms with Crippen LogP contribution in [-0.4, -0.2) is 60.4 Å². The van der Waals surface area contributed by atoms with Crippen LogP contribution in [0.15, 0.2) is 30.3 Å². The molecular weight excluding hydrogens is 336 g/mol. The van der Waals surface area contributed by atoms with Crippen molar-refractivity contribution >= 4 is 17.9 Å². The van der Waals surface area contributed by atoms with Gasteiger partial charge < -0.3 is 19.7 Å². The molecule has 1 heterocycles. The molecule has 0 bridgehead atoms. The van der Waals surface area contributed by atoms with E-state index in [2.05, 4.69) is 32.3 Å². The van der Waals surface area contributed by atoms with Gasteiger partial charge in [0, 0.05) is 23.9 Å². The van der Waals surface area contributed by atoms with E-state index in [1.165, 1.54) is 0 Å². The van der Waals surface area contributed by atoms with Crippen LogP contribution in [0.25, 0.3) is 0 Å². The van der Waals surface area contributed by atoms with Crippen molar-refractivity contribution in [2.45, 2.75) is 44.3 Å². The predicted octanol–water partition coefficient (Wildman–Crippen LogP) is 3.14. The number of hydrogen-bond acceptors (Lipinski definition) is 5. The molecule has 1 aliphatic rings. The van der Waals surface area contributed by atoms with Gasteiger partial charge in [0.05, 0.1) is 19.3 Å². The van der Waals surface area contributed by atoms with Gasteiger partial charge in [-0.25, -0.2) is 4.79 Å². The molecule has 1 aliphatic heterocycles. The molecule has 0 aliphatic carbocycles. The molecule has 0 aromatic heterocycles. The van der Waals surface area contributed by atoms with Crippen LogP contribution in [0.4, 0.5) is 4.79 Å². The fourth-order valence-electron chi connectivity index (χ4n) is 2.56. The third-order valence-electron chi connectivity index (χ3n) is 4.52. The van der Waals surface area contributed by atoms with Crippen LogP contribution in [0.2, 0.25) is 0 Å². The summed E-state index contributed by atoms with van der Waals surface area (Å²) in [6.07, 6.45) is 1.83. The Bertz CT molecular complexity index is 539. The number of thioether (sulfide) groups is 1. The Kier molecular flexibility index (Phi) is 7.59. The molecule has 1 N–H and O–H groups in total. The maximum atomic E-state index is 12.3. The number of ether oxygens (including phenoxy) is 2. The summed E-state index contributed by atoms with van der Waals surface area (Å²) in [7, 11) is 0. The number of benzene rings is 1. The number of carbonyl (C=O) groups is 1. The smallest absolute Gasteiger partial charge is 0.410 e. The molecule has 0 unspecified atom stereocenters. The van der Waals surface area contributed by atoms with Gasteiger partial charge in [-0.05, 0) is 32.6 Å². The Balaban J connectivity index is 1.80. The molecule has 0 radical (unpaired) electrons. The SMILES string of the molecule is CSC(C)(C)CN[C@H](C)[C@@H]1CN(C(=O)OCc2ccccc2)CCO1. The Labute approximate surface area is 155 Å². The number of amides is 1. The van der Waals surface area contributed by atoms with Crippen molar-refractivity contribution in [3.63, 3.8) is 0 Å². The van der Waals surface area contributed by atoms with Crippen LogP contribution < -0.4 is 5.32 Å². The van der Waals surface area contributed by atoms with E-state index in [1.807, 2.05) is 42.1 Å². The van der Waals surface area contributed by atoms with Gasteiger partial charge in [-0.15, -0.1) is 0 Å². The monoisotopic (exact) mass is 366 g/mol. The normalized spacial score (nSPS) is 19.5. The molecule has 0 spiro atoms. The van der Waals surface area contributed by atoms with Gasteiger partial charge in [0.2, 0.25) is 0 Å². The van der Waals surface area contributed by atoms with E-state index in [-0.39, 0.29) is 23.0 Å². The summed E-state index contributed by atoms with van der Waals surface area (Å²) < 4.78 is 11.5. The molecule has 1 aromatic carbocycles. The molecule has 25 heavy (non-hydrogen) atoms. The summed E-state index contributed by atoms with van der Waals surface area (Å²) in [5, 5.41) is 3.54. The summed E-state index contributed by atoms with van der Waals surface area (Å²) in [5.74, 6) is 0. The molecule has 1 amide bonds. The Hall–Kier alpha value is -1.24. The van der Waals surface area contributed by atoms with E-state index < -0.39 is 0 Å². The van der Waals surface area contributed by atoms with Crippen molar-refractivity contribution < 1.29 is 14.3 Å². The highest BCUT2D eigenvalue weighted by Gasteiger charge is 2.29. The summed E-state index contributed by atoms with van der Waals surface area (Å²) in [5.41, 5.74) is 0.995. The second-order valence-corrected chi connectivity index (χ2v) is 8.54. The van der Waals surface area contributed by atoms with Crippen molar-refractivity contribution in [3.05, 3.63) is 35.9 Å². The van der Waals surface area contributed by atoms with Crippen LogP contribution in [0, 0.1) is 0 Å². The molecule has 1 saturated heterocycles. The first-order valence-electron chi connectivity index (χ1n) is 8.77. The predicted molar refractivity (Wildman–Crippen MR) is 103 cm³/mol. The topological polar surface area (TPSA) is 50.8 Å². The average Bonchev–Trinajstić information content (AvgIpc) is 2.65. The highest BCUT2D eigenvalue weighted by Crippen LogP contribution is 2.20. The minimum atomic E-state index is -0.270. The largest absolute Gasteiger partial charge is 0.445 e. The molecule has 0 saturated carbocycles. The van der Waals surface area contributed by atoms with Crippen molar-refractivity contribution in [1.82, 2.24) is 10.2 Å². The molecule has 2 atom stereocenters. The Morgan fingerprint density at radius 3 is 2.84 bits per heavy atom. The first-order chi connectivity index (χ1) is 11.9. The zero-order valence-electron chi connectivity index (χ0n) is 15.7. The standard InChI is InChI=1S/C19H30N2O3S/c1-15(20-14-19(2,3)25-4)17-12-21(10-11-23-17)18(22)24-13-16-8-6-5-7-9-16/h5-9,15,17,20H,10-14H2,1-4H3/t15-,17+/m1/s1. The number of nitrogens with zero attached hydrogens (tertiary/aromatic N) is 1. The lowest BCUT2D eigenvalue weighted by Crippen LogP contribution is -2.54. The average molecular weight is 367 g/mol. The molecule has 140 valence electrons. The summed E-state index contributed by atoms with van der Waals surface area (Å²) >= 11 is 1.84. The van der Waals surface area contributed by atoms with Crippen molar-refractivity contribution in [3.8, 4) is 0 Å². The number of hydrogen-bond donors (Lipinski definition) is 1. The second-order valence-electron chi connectivity index (χ2n) is 7.03. The van der Waals surface area contributed by atoms with Crippen molar-refractivity contribution in [2.75, 3.05) is 32.5 Å². The molecular formula is C19H30N2O3S. The zero-order valence-corrected chi connectivity index (χ0v) is 16.5. The Morgan fingerprint density at radius 2 is 2.16 bits per heavy atom. The second kappa shape index (κ2) is 9.46. The van der Waals surface area contributed by atoms with Gasteiger partial charge in [0.25, 0.3) is 0 Å². The summed E-state index contributed by atoms with van der Waals surface area (Å²) in [6, 6.07) is 9.92.